The Kier molecular flexibility index (Phi) is 8.10. The van der Waals surface area contributed by atoms with Crippen molar-refractivity contribution in [2.24, 2.45) is 15.4 Å². The summed E-state index contributed by atoms with van der Waals surface area (Å²) in [5, 5.41) is 23.5. The molecule has 0 spiro atoms. The Morgan fingerprint density at radius 3 is 2.46 bits per heavy atom. The monoisotopic (exact) mass is 477 g/mol. The van der Waals surface area contributed by atoms with Gasteiger partial charge >= 0.3 is 5.91 Å². The molecule has 3 aromatic rings. The Labute approximate surface area is 204 Å². The topological polar surface area (TPSA) is 101 Å². The normalized spacial score (nSPS) is 15.4. The van der Waals surface area contributed by atoms with Gasteiger partial charge in [-0.25, -0.2) is 0 Å². The van der Waals surface area contributed by atoms with Crippen molar-refractivity contribution < 1.29 is 19.5 Å². The number of nitrogens with zero attached hydrogens (tertiary/aromatic N) is 5. The summed E-state index contributed by atoms with van der Waals surface area (Å²) in [6.45, 7) is 3.98. The molecule has 1 aliphatic rings. The maximum Gasteiger partial charge on any atom is 0.304 e. The van der Waals surface area contributed by atoms with Crippen LogP contribution in [0.3, 0.4) is 0 Å². The molecule has 1 N–H and O–H groups in total. The number of rotatable bonds is 8. The van der Waals surface area contributed by atoms with Gasteiger partial charge in [0.25, 0.3) is 0 Å². The van der Waals surface area contributed by atoms with Crippen LogP contribution in [-0.2, 0) is 16.3 Å². The molecule has 0 aliphatic carbocycles. The molecule has 2 heterocycles. The van der Waals surface area contributed by atoms with Gasteiger partial charge in [-0.3, -0.25) is 14.3 Å². The molecule has 9 heteroatoms. The Morgan fingerprint density at radius 1 is 1.03 bits per heavy atom. The smallest absolute Gasteiger partial charge is 0.304 e. The molecule has 0 radical (unpaired) electrons. The molecule has 35 heavy (non-hydrogen) atoms. The summed E-state index contributed by atoms with van der Waals surface area (Å²) >= 11 is 0. The van der Waals surface area contributed by atoms with E-state index in [4.69, 9.17) is 9.57 Å². The highest BCUT2D eigenvalue weighted by atomic mass is 16.6. The fourth-order valence-corrected chi connectivity index (χ4v) is 4.19. The zero-order valence-electron chi connectivity index (χ0n) is 20.2. The summed E-state index contributed by atoms with van der Waals surface area (Å²) in [5.74, 6) is 0.149. The van der Waals surface area contributed by atoms with Gasteiger partial charge in [0.1, 0.15) is 5.75 Å². The second-order valence-electron chi connectivity index (χ2n) is 8.56. The number of aromatic nitrogens is 1. The van der Waals surface area contributed by atoms with Crippen molar-refractivity contribution >= 4 is 28.2 Å². The highest BCUT2D eigenvalue weighted by Crippen LogP contribution is 2.39. The molecular formula is C26H31N5O4. The highest BCUT2D eigenvalue weighted by Gasteiger charge is 2.19. The molecule has 0 atom stereocenters. The molecule has 9 nitrogen and oxygen atoms in total. The lowest BCUT2D eigenvalue weighted by molar-refractivity contribution is -0.122. The predicted octanol–water partition coefficient (Wildman–Crippen LogP) is 5.24. The van der Waals surface area contributed by atoms with E-state index >= 15 is 0 Å². The van der Waals surface area contributed by atoms with Crippen LogP contribution in [0.4, 0.5) is 5.69 Å². The van der Waals surface area contributed by atoms with E-state index in [-0.39, 0.29) is 18.2 Å². The van der Waals surface area contributed by atoms with Gasteiger partial charge in [0, 0.05) is 5.39 Å². The van der Waals surface area contributed by atoms with Crippen LogP contribution in [0, 0.1) is 0 Å². The lowest BCUT2D eigenvalue weighted by Crippen LogP contribution is -2.27. The van der Waals surface area contributed by atoms with E-state index in [1.165, 1.54) is 12.8 Å². The number of aromatic hydroxyl groups is 1. The van der Waals surface area contributed by atoms with E-state index < -0.39 is 5.91 Å². The lowest BCUT2D eigenvalue weighted by atomic mass is 10.1. The van der Waals surface area contributed by atoms with Gasteiger partial charge in [-0.2, -0.15) is 0 Å². The third kappa shape index (κ3) is 6.05. The quantitative estimate of drug-likeness (QED) is 0.272. The number of carbonyl (C=O) groups is 1. The fraction of sp³-hybridized carbons (Fsp3) is 0.385. The Morgan fingerprint density at radius 2 is 1.74 bits per heavy atom. The average molecular weight is 478 g/mol. The number of hydrogen-bond donors (Lipinski definition) is 1. The zero-order valence-corrected chi connectivity index (χ0v) is 20.2. The minimum atomic E-state index is -0.597. The molecule has 1 aromatic heterocycles. The van der Waals surface area contributed by atoms with Gasteiger partial charge < -0.3 is 14.7 Å². The summed E-state index contributed by atoms with van der Waals surface area (Å²) in [5.41, 5.74) is 2.60. The van der Waals surface area contributed by atoms with Gasteiger partial charge in [0.2, 0.25) is 5.88 Å². The van der Waals surface area contributed by atoms with Crippen LogP contribution < -0.4 is 4.74 Å². The van der Waals surface area contributed by atoms with E-state index in [2.05, 4.69) is 20.3 Å². The average Bonchev–Trinajstić information content (AvgIpc) is 3.02. The van der Waals surface area contributed by atoms with Gasteiger partial charge in [-0.1, -0.05) is 36.2 Å². The Bertz CT molecular complexity index is 1210. The fourth-order valence-electron chi connectivity index (χ4n) is 4.19. The van der Waals surface area contributed by atoms with Gasteiger partial charge in [-0.15, -0.1) is 10.2 Å². The Hall–Kier alpha value is -3.72. The van der Waals surface area contributed by atoms with Crippen molar-refractivity contribution in [1.29, 1.82) is 0 Å². The molecule has 1 saturated heterocycles. The van der Waals surface area contributed by atoms with Gasteiger partial charge in [0.15, 0.2) is 12.3 Å². The maximum atomic E-state index is 12.3. The largest absolute Gasteiger partial charge is 0.497 e. The summed E-state index contributed by atoms with van der Waals surface area (Å²) in [6.07, 6.45) is 4.79. The number of para-hydroxylation sites is 1. The molecule has 1 aliphatic heterocycles. The summed E-state index contributed by atoms with van der Waals surface area (Å²) in [7, 11) is 1.60. The number of likely N-dealkylation sites (tertiary alicyclic amines) is 1. The number of methoxy groups -OCH3 is 1. The standard InChI is InChI=1S/C26H31N5O4/c1-19(20-11-13-21(34-2)14-12-20)29-35-17-24(32)27-28-25-22-9-5-6-10-23(22)31(26(25)33)18-30-15-7-3-4-8-16-30/h5-6,9-14,33H,3-4,7-8,15-18H2,1-2H3. The van der Waals surface area contributed by atoms with Crippen LogP contribution in [0.1, 0.15) is 38.2 Å². The molecule has 0 bridgehead atoms. The molecule has 184 valence electrons. The minimum Gasteiger partial charge on any atom is -0.497 e. The van der Waals surface area contributed by atoms with E-state index in [9.17, 15) is 9.90 Å². The van der Waals surface area contributed by atoms with Gasteiger partial charge in [-0.05, 0) is 68.8 Å². The lowest BCUT2D eigenvalue weighted by Gasteiger charge is -2.21. The molecule has 0 saturated carbocycles. The molecule has 4 rings (SSSR count). The van der Waals surface area contributed by atoms with Crippen molar-refractivity contribution in [1.82, 2.24) is 9.47 Å². The molecule has 0 unspecified atom stereocenters. The third-order valence-corrected chi connectivity index (χ3v) is 6.12. The van der Waals surface area contributed by atoms with Crippen molar-refractivity contribution in [2.75, 3.05) is 26.8 Å². The highest BCUT2D eigenvalue weighted by molar-refractivity contribution is 5.98. The number of carbonyl (C=O) groups excluding carboxylic acids is 1. The number of ether oxygens (including phenoxy) is 1. The van der Waals surface area contributed by atoms with E-state index in [1.807, 2.05) is 53.1 Å². The first-order valence-corrected chi connectivity index (χ1v) is 11.8. The van der Waals surface area contributed by atoms with Gasteiger partial charge in [0.05, 0.1) is 25.0 Å². The minimum absolute atomic E-state index is 0.00119. The summed E-state index contributed by atoms with van der Waals surface area (Å²) in [4.78, 5) is 19.8. The van der Waals surface area contributed by atoms with E-state index in [1.54, 1.807) is 14.0 Å². The van der Waals surface area contributed by atoms with E-state index in [0.717, 1.165) is 48.1 Å². The van der Waals surface area contributed by atoms with Crippen molar-refractivity contribution in [3.05, 3.63) is 54.1 Å². The van der Waals surface area contributed by atoms with Crippen molar-refractivity contribution in [3.8, 4) is 11.6 Å². The van der Waals surface area contributed by atoms with Crippen molar-refractivity contribution in [3.63, 3.8) is 0 Å². The summed E-state index contributed by atoms with van der Waals surface area (Å²) < 4.78 is 6.98. The van der Waals surface area contributed by atoms with E-state index in [0.29, 0.717) is 12.4 Å². The van der Waals surface area contributed by atoms with Crippen molar-refractivity contribution in [2.45, 2.75) is 39.3 Å². The van der Waals surface area contributed by atoms with Crippen LogP contribution in [0.5, 0.6) is 11.6 Å². The van der Waals surface area contributed by atoms with Crippen LogP contribution >= 0.6 is 0 Å². The first-order chi connectivity index (χ1) is 17.1. The number of fused-ring (bicyclic) bond motifs is 1. The number of hydrogen-bond acceptors (Lipinski definition) is 7. The predicted molar refractivity (Wildman–Crippen MR) is 134 cm³/mol. The molecule has 1 fully saturated rings. The van der Waals surface area contributed by atoms with Crippen LogP contribution in [-0.4, -0.2) is 53.0 Å². The zero-order chi connectivity index (χ0) is 24.6. The van der Waals surface area contributed by atoms with Crippen LogP contribution in [0.15, 0.2) is 63.9 Å². The first-order valence-electron chi connectivity index (χ1n) is 11.8. The SMILES string of the molecule is COc1ccc(C(C)=NOCC(=O)N=Nc2c(O)n(CN3CCCCCC3)c3ccccc23)cc1. The summed E-state index contributed by atoms with van der Waals surface area (Å²) in [6, 6.07) is 15.0. The molecular weight excluding hydrogens is 446 g/mol. The number of amides is 1. The van der Waals surface area contributed by atoms with Crippen LogP contribution in [0.2, 0.25) is 0 Å². The van der Waals surface area contributed by atoms with Crippen LogP contribution in [0.25, 0.3) is 10.9 Å². The Balaban J connectivity index is 1.43. The molecule has 2 aromatic carbocycles. The third-order valence-electron chi connectivity index (χ3n) is 6.12. The molecule has 1 amide bonds. The number of azo groups is 1. The number of benzene rings is 2. The second kappa shape index (κ2) is 11.6. The second-order valence-corrected chi connectivity index (χ2v) is 8.56. The number of oxime groups is 1. The maximum absolute atomic E-state index is 12.3. The first kappa shape index (κ1) is 24.4.